The second-order valence-electron chi connectivity index (χ2n) is 9.69. The Labute approximate surface area is 235 Å². The summed E-state index contributed by atoms with van der Waals surface area (Å²) in [7, 11) is 0. The van der Waals surface area contributed by atoms with Crippen LogP contribution < -0.4 is 5.32 Å². The Balaban J connectivity index is 1.47. The monoisotopic (exact) mass is 552 g/mol. The summed E-state index contributed by atoms with van der Waals surface area (Å²) in [4.78, 5) is 40.8. The first kappa shape index (κ1) is 30.1. The largest absolute Gasteiger partial charge is 0.501 e. The van der Waals surface area contributed by atoms with Gasteiger partial charge in [0, 0.05) is 22.6 Å². The number of hydrogen-bond acceptors (Lipinski definition) is 6. The molecule has 39 heavy (non-hydrogen) atoms. The van der Waals surface area contributed by atoms with Gasteiger partial charge < -0.3 is 14.5 Å². The summed E-state index contributed by atoms with van der Waals surface area (Å²) in [6.07, 6.45) is 10.0. The zero-order chi connectivity index (χ0) is 28.2. The Bertz CT molecular complexity index is 1170. The maximum atomic E-state index is 13.1. The van der Waals surface area contributed by atoms with Crippen LogP contribution in [0.15, 0.2) is 59.9 Å². The van der Waals surface area contributed by atoms with Crippen molar-refractivity contribution in [1.29, 1.82) is 5.26 Å². The number of unbranched alkanes of at least 4 members (excludes halogenated alkanes) is 1. The molecule has 2 aliphatic rings. The first-order valence-electron chi connectivity index (χ1n) is 13.5. The summed E-state index contributed by atoms with van der Waals surface area (Å²) >= 11 is 6.09. The predicted molar refractivity (Wildman–Crippen MR) is 151 cm³/mol. The molecule has 0 saturated carbocycles. The third kappa shape index (κ3) is 8.54. The van der Waals surface area contributed by atoms with E-state index in [1.54, 1.807) is 18.4 Å². The van der Waals surface area contributed by atoms with Gasteiger partial charge in [-0.1, -0.05) is 42.8 Å². The fourth-order valence-electron chi connectivity index (χ4n) is 4.78. The van der Waals surface area contributed by atoms with E-state index < -0.39 is 11.9 Å². The smallest absolute Gasteiger partial charge is 0.255 e. The van der Waals surface area contributed by atoms with Gasteiger partial charge in [-0.25, -0.2) is 0 Å². The van der Waals surface area contributed by atoms with Crippen LogP contribution >= 0.6 is 11.6 Å². The van der Waals surface area contributed by atoms with E-state index in [9.17, 15) is 19.6 Å². The van der Waals surface area contributed by atoms with Gasteiger partial charge in [0.05, 0.1) is 31.4 Å². The number of ether oxygens (including phenoxy) is 1. The lowest BCUT2D eigenvalue weighted by Gasteiger charge is -2.28. The number of nitrogens with one attached hydrogen (secondary N) is 1. The zero-order valence-electron chi connectivity index (χ0n) is 22.7. The van der Waals surface area contributed by atoms with E-state index in [4.69, 9.17) is 16.3 Å². The number of carbonyl (C=O) groups is 3. The van der Waals surface area contributed by atoms with Crippen LogP contribution in [-0.4, -0.2) is 66.3 Å². The number of hydrogen-bond donors (Lipinski definition) is 1. The first-order chi connectivity index (χ1) is 18.9. The van der Waals surface area contributed by atoms with Crippen LogP contribution in [0, 0.1) is 11.3 Å². The third-order valence-corrected chi connectivity index (χ3v) is 7.25. The summed E-state index contributed by atoms with van der Waals surface area (Å²) in [5, 5.41) is 12.6. The fraction of sp³-hybridized carbons (Fsp3) is 0.467. The molecule has 9 heteroatoms. The van der Waals surface area contributed by atoms with E-state index in [0.717, 1.165) is 50.0 Å². The van der Waals surface area contributed by atoms with Gasteiger partial charge in [-0.15, -0.1) is 0 Å². The minimum absolute atomic E-state index is 0.189. The number of nitriles is 1. The third-order valence-electron chi connectivity index (χ3n) is 7.02. The lowest BCUT2D eigenvalue weighted by Crippen LogP contribution is -2.52. The Hall–Kier alpha value is -3.41. The number of likely N-dealkylation sites (tertiary alicyclic amines) is 1. The highest BCUT2D eigenvalue weighted by Gasteiger charge is 2.40. The number of amides is 3. The Morgan fingerprint density at radius 1 is 1.28 bits per heavy atom. The van der Waals surface area contributed by atoms with E-state index in [2.05, 4.69) is 23.2 Å². The number of allylic oxidation sites excluding steroid dienone is 3. The van der Waals surface area contributed by atoms with Crippen molar-refractivity contribution in [2.45, 2.75) is 57.9 Å². The van der Waals surface area contributed by atoms with Crippen LogP contribution in [0.4, 0.5) is 0 Å². The molecular formula is C30H37ClN4O4. The quantitative estimate of drug-likeness (QED) is 0.167. The highest BCUT2D eigenvalue weighted by Crippen LogP contribution is 2.28. The van der Waals surface area contributed by atoms with Gasteiger partial charge in [0.1, 0.15) is 6.04 Å². The van der Waals surface area contributed by atoms with Gasteiger partial charge in [-0.05, 0) is 76.0 Å². The topological polar surface area (TPSA) is 103 Å². The molecule has 8 nitrogen and oxygen atoms in total. The standard InChI is InChI=1S/C30H37ClN4O4/c1-3-5-11-26-24(20-35(30(26)38)27-12-13-28(36)33-29(27)37)21-39-17-7-6-15-34(4-2)16-14-23(19-32)22-9-8-10-25(31)18-22/h3,5,8-11,18,21,23,27H,4,6-7,12-17,20H2,1-2H3,(H,33,36,37)/b5-3-,24-21+,26-11+. The minimum Gasteiger partial charge on any atom is -0.501 e. The molecule has 1 N–H and O–H groups in total. The first-order valence-corrected chi connectivity index (χ1v) is 13.9. The van der Waals surface area contributed by atoms with Crippen molar-refractivity contribution >= 4 is 29.3 Å². The lowest BCUT2D eigenvalue weighted by molar-refractivity contribution is -0.142. The molecule has 2 unspecified atom stereocenters. The highest BCUT2D eigenvalue weighted by atomic mass is 35.5. The van der Waals surface area contributed by atoms with Crippen molar-refractivity contribution in [2.24, 2.45) is 0 Å². The van der Waals surface area contributed by atoms with Gasteiger partial charge in [0.2, 0.25) is 11.8 Å². The molecule has 2 aliphatic heterocycles. The minimum atomic E-state index is -0.658. The summed E-state index contributed by atoms with van der Waals surface area (Å²) in [6.45, 7) is 7.38. The number of benzene rings is 1. The van der Waals surface area contributed by atoms with Crippen molar-refractivity contribution < 1.29 is 19.1 Å². The van der Waals surface area contributed by atoms with Crippen LogP contribution in [0.25, 0.3) is 0 Å². The van der Waals surface area contributed by atoms with Gasteiger partial charge in [0.25, 0.3) is 5.91 Å². The molecule has 0 spiro atoms. The summed E-state index contributed by atoms with van der Waals surface area (Å²) in [5.74, 6) is -1.16. The normalized spacial score (nSPS) is 20.7. The second-order valence-corrected chi connectivity index (χ2v) is 10.1. The van der Waals surface area contributed by atoms with Crippen LogP contribution in [0.5, 0.6) is 0 Å². The lowest BCUT2D eigenvalue weighted by atomic mass is 9.97. The zero-order valence-corrected chi connectivity index (χ0v) is 23.5. The molecular weight excluding hydrogens is 516 g/mol. The fourth-order valence-corrected chi connectivity index (χ4v) is 4.98. The molecule has 208 valence electrons. The Morgan fingerprint density at radius 2 is 2.10 bits per heavy atom. The van der Waals surface area contributed by atoms with Crippen molar-refractivity contribution in [3.8, 4) is 6.07 Å². The molecule has 3 rings (SSSR count). The molecule has 0 radical (unpaired) electrons. The molecule has 2 fully saturated rings. The summed E-state index contributed by atoms with van der Waals surface area (Å²) in [6, 6.07) is 9.24. The van der Waals surface area contributed by atoms with E-state index in [1.807, 2.05) is 37.3 Å². The molecule has 0 bridgehead atoms. The Morgan fingerprint density at radius 3 is 2.79 bits per heavy atom. The molecule has 0 aromatic heterocycles. The van der Waals surface area contributed by atoms with Crippen LogP contribution in [0.3, 0.4) is 0 Å². The van der Waals surface area contributed by atoms with Crippen LogP contribution in [0.1, 0.15) is 57.4 Å². The number of imide groups is 1. The predicted octanol–water partition coefficient (Wildman–Crippen LogP) is 4.49. The van der Waals surface area contributed by atoms with Crippen molar-refractivity contribution in [3.63, 3.8) is 0 Å². The van der Waals surface area contributed by atoms with Crippen molar-refractivity contribution in [1.82, 2.24) is 15.1 Å². The highest BCUT2D eigenvalue weighted by molar-refractivity contribution is 6.30. The average Bonchev–Trinajstić information content (AvgIpc) is 3.23. The molecule has 2 heterocycles. The maximum absolute atomic E-state index is 13.1. The van der Waals surface area contributed by atoms with E-state index in [0.29, 0.717) is 23.6 Å². The van der Waals surface area contributed by atoms with Crippen LogP contribution in [0.2, 0.25) is 5.02 Å². The number of carbonyl (C=O) groups excluding carboxylic acids is 3. The molecule has 2 saturated heterocycles. The summed E-state index contributed by atoms with van der Waals surface area (Å²) < 4.78 is 5.82. The van der Waals surface area contributed by atoms with Gasteiger partial charge in [-0.3, -0.25) is 19.7 Å². The van der Waals surface area contributed by atoms with Gasteiger partial charge >= 0.3 is 0 Å². The second kappa shape index (κ2) is 15.2. The molecule has 1 aromatic carbocycles. The number of nitrogens with zero attached hydrogens (tertiary/aromatic N) is 3. The van der Waals surface area contributed by atoms with E-state index in [1.165, 1.54) is 4.90 Å². The number of piperidine rings is 1. The summed E-state index contributed by atoms with van der Waals surface area (Å²) in [5.41, 5.74) is 2.18. The Kier molecular flexibility index (Phi) is 11.8. The molecule has 3 amide bonds. The SMILES string of the molecule is C\C=C/C=C1/C(=O)N(C2CCC(=O)NC2=O)C/C1=C\OCCCCN(CC)CCC(C#N)c1cccc(Cl)c1. The molecule has 0 aliphatic carbocycles. The molecule has 1 aromatic rings. The number of halogens is 1. The van der Waals surface area contributed by atoms with Gasteiger partial charge in [0.15, 0.2) is 0 Å². The van der Waals surface area contributed by atoms with Crippen molar-refractivity contribution in [2.75, 3.05) is 32.8 Å². The van der Waals surface area contributed by atoms with E-state index >= 15 is 0 Å². The average molecular weight is 553 g/mol. The van der Waals surface area contributed by atoms with Gasteiger partial charge in [-0.2, -0.15) is 5.26 Å². The maximum Gasteiger partial charge on any atom is 0.255 e. The van der Waals surface area contributed by atoms with E-state index in [-0.39, 0.29) is 30.7 Å². The van der Waals surface area contributed by atoms with Crippen LogP contribution in [-0.2, 0) is 19.1 Å². The number of rotatable bonds is 13. The molecule has 2 atom stereocenters. The van der Waals surface area contributed by atoms with Crippen molar-refractivity contribution in [3.05, 3.63) is 70.5 Å².